The first-order chi connectivity index (χ1) is 10.2. The summed E-state index contributed by atoms with van der Waals surface area (Å²) in [7, 11) is 0. The number of hydrogen-bond acceptors (Lipinski definition) is 3. The summed E-state index contributed by atoms with van der Waals surface area (Å²) in [6, 6.07) is 14.2. The Bertz CT molecular complexity index is 544. The van der Waals surface area contributed by atoms with E-state index in [4.69, 9.17) is 15.2 Å². The molecule has 0 aliphatic carbocycles. The lowest BCUT2D eigenvalue weighted by molar-refractivity contribution is 0.215. The van der Waals surface area contributed by atoms with Gasteiger partial charge in [-0.05, 0) is 55.6 Å². The first kappa shape index (κ1) is 15.4. The second kappa shape index (κ2) is 7.70. The number of nitrogens with two attached hydrogens (primary N) is 1. The molecule has 0 saturated heterocycles. The highest BCUT2D eigenvalue weighted by atomic mass is 16.5. The Balaban J connectivity index is 1.79. The zero-order valence-electron chi connectivity index (χ0n) is 12.8. The first-order valence-electron chi connectivity index (χ1n) is 7.31. The van der Waals surface area contributed by atoms with Crippen LogP contribution in [0.2, 0.25) is 0 Å². The normalized spacial score (nSPS) is 10.4. The maximum absolute atomic E-state index is 5.81. The fraction of sp³-hybridized carbons (Fsp3) is 0.333. The Morgan fingerprint density at radius 3 is 2.10 bits per heavy atom. The van der Waals surface area contributed by atoms with Crippen LogP contribution in [0.1, 0.15) is 16.7 Å². The van der Waals surface area contributed by atoms with Gasteiger partial charge in [-0.25, -0.2) is 0 Å². The zero-order chi connectivity index (χ0) is 15.1. The second-order valence-electron chi connectivity index (χ2n) is 5.10. The van der Waals surface area contributed by atoms with Crippen LogP contribution in [0.3, 0.4) is 0 Å². The molecular weight excluding hydrogens is 262 g/mol. The lowest BCUT2D eigenvalue weighted by atomic mass is 10.1. The van der Waals surface area contributed by atoms with Crippen LogP contribution >= 0.6 is 0 Å². The minimum atomic E-state index is 0.532. The SMILES string of the molecule is Cc1cccc(C)c1OCCOc1ccc(CCN)cc1. The number of para-hydroxylation sites is 1. The molecule has 0 spiro atoms. The smallest absolute Gasteiger partial charge is 0.125 e. The molecule has 0 aliphatic heterocycles. The van der Waals surface area contributed by atoms with Gasteiger partial charge in [-0.2, -0.15) is 0 Å². The molecule has 112 valence electrons. The van der Waals surface area contributed by atoms with Crippen LogP contribution in [0, 0.1) is 13.8 Å². The van der Waals surface area contributed by atoms with Gasteiger partial charge in [0, 0.05) is 0 Å². The lowest BCUT2D eigenvalue weighted by Gasteiger charge is -2.12. The van der Waals surface area contributed by atoms with E-state index in [1.165, 1.54) is 5.56 Å². The average Bonchev–Trinajstić information content (AvgIpc) is 2.48. The van der Waals surface area contributed by atoms with Crippen molar-refractivity contribution < 1.29 is 9.47 Å². The summed E-state index contributed by atoms with van der Waals surface area (Å²) < 4.78 is 11.5. The van der Waals surface area contributed by atoms with Gasteiger partial charge in [0.15, 0.2) is 0 Å². The third kappa shape index (κ3) is 4.50. The van der Waals surface area contributed by atoms with Gasteiger partial charge in [0.1, 0.15) is 24.7 Å². The van der Waals surface area contributed by atoms with Gasteiger partial charge in [-0.15, -0.1) is 0 Å². The van der Waals surface area contributed by atoms with Gasteiger partial charge >= 0.3 is 0 Å². The topological polar surface area (TPSA) is 44.5 Å². The summed E-state index contributed by atoms with van der Waals surface area (Å²) in [6.45, 7) is 5.85. The van der Waals surface area contributed by atoms with Crippen LogP contribution in [0.15, 0.2) is 42.5 Å². The van der Waals surface area contributed by atoms with Crippen LogP contribution < -0.4 is 15.2 Å². The number of hydrogen-bond donors (Lipinski definition) is 1. The minimum Gasteiger partial charge on any atom is -0.490 e. The summed E-state index contributed by atoms with van der Waals surface area (Å²) in [5.74, 6) is 1.82. The maximum Gasteiger partial charge on any atom is 0.125 e. The first-order valence-corrected chi connectivity index (χ1v) is 7.31. The number of ether oxygens (including phenoxy) is 2. The summed E-state index contributed by atoms with van der Waals surface area (Å²) in [5.41, 5.74) is 9.07. The second-order valence-corrected chi connectivity index (χ2v) is 5.10. The molecule has 0 radical (unpaired) electrons. The molecule has 2 N–H and O–H groups in total. The van der Waals surface area contributed by atoms with Crippen LogP contribution in [0.5, 0.6) is 11.5 Å². The number of aryl methyl sites for hydroxylation is 2. The molecule has 2 aromatic carbocycles. The van der Waals surface area contributed by atoms with Crippen molar-refractivity contribution in [1.82, 2.24) is 0 Å². The summed E-state index contributed by atoms with van der Waals surface area (Å²) in [4.78, 5) is 0. The predicted molar refractivity (Wildman–Crippen MR) is 86.1 cm³/mol. The minimum absolute atomic E-state index is 0.532. The Hall–Kier alpha value is -2.00. The van der Waals surface area contributed by atoms with Crippen molar-refractivity contribution >= 4 is 0 Å². The van der Waals surface area contributed by atoms with E-state index in [2.05, 4.69) is 38.1 Å². The molecule has 0 saturated carbocycles. The molecule has 0 aromatic heterocycles. The van der Waals surface area contributed by atoms with E-state index in [0.29, 0.717) is 19.8 Å². The molecular formula is C18H23NO2. The van der Waals surface area contributed by atoms with E-state index >= 15 is 0 Å². The fourth-order valence-electron chi connectivity index (χ4n) is 2.25. The largest absolute Gasteiger partial charge is 0.490 e. The summed E-state index contributed by atoms with van der Waals surface area (Å²) in [5, 5.41) is 0. The van der Waals surface area contributed by atoms with Crippen molar-refractivity contribution in [3.8, 4) is 11.5 Å². The van der Waals surface area contributed by atoms with E-state index in [1.807, 2.05) is 18.2 Å². The van der Waals surface area contributed by atoms with Crippen molar-refractivity contribution in [2.24, 2.45) is 5.73 Å². The van der Waals surface area contributed by atoms with Crippen LogP contribution in [0.4, 0.5) is 0 Å². The van der Waals surface area contributed by atoms with Crippen molar-refractivity contribution in [1.29, 1.82) is 0 Å². The van der Waals surface area contributed by atoms with Gasteiger partial charge in [0.25, 0.3) is 0 Å². The highest BCUT2D eigenvalue weighted by molar-refractivity contribution is 5.39. The molecule has 0 atom stereocenters. The fourth-order valence-corrected chi connectivity index (χ4v) is 2.25. The standard InChI is InChI=1S/C18H23NO2/c1-14-4-3-5-15(2)18(14)21-13-12-20-17-8-6-16(7-9-17)10-11-19/h3-9H,10-13,19H2,1-2H3. The van der Waals surface area contributed by atoms with Crippen molar-refractivity contribution in [3.63, 3.8) is 0 Å². The molecule has 0 bridgehead atoms. The zero-order valence-corrected chi connectivity index (χ0v) is 12.8. The molecule has 0 aliphatic rings. The summed E-state index contributed by atoms with van der Waals surface area (Å²) in [6.07, 6.45) is 0.899. The van der Waals surface area contributed by atoms with Crippen LogP contribution in [-0.2, 0) is 6.42 Å². The monoisotopic (exact) mass is 285 g/mol. The molecule has 0 fully saturated rings. The maximum atomic E-state index is 5.81. The van der Waals surface area contributed by atoms with Crippen molar-refractivity contribution in [3.05, 3.63) is 59.2 Å². The van der Waals surface area contributed by atoms with Crippen LogP contribution in [-0.4, -0.2) is 19.8 Å². The quantitative estimate of drug-likeness (QED) is 0.794. The van der Waals surface area contributed by atoms with E-state index in [0.717, 1.165) is 29.0 Å². The Morgan fingerprint density at radius 2 is 1.48 bits per heavy atom. The molecule has 2 aromatic rings. The average molecular weight is 285 g/mol. The lowest BCUT2D eigenvalue weighted by Crippen LogP contribution is -2.10. The Kier molecular flexibility index (Phi) is 5.64. The highest BCUT2D eigenvalue weighted by Crippen LogP contribution is 2.22. The van der Waals surface area contributed by atoms with E-state index in [1.54, 1.807) is 0 Å². The molecule has 3 heteroatoms. The van der Waals surface area contributed by atoms with Gasteiger partial charge in [-0.1, -0.05) is 30.3 Å². The predicted octanol–water partition coefficient (Wildman–Crippen LogP) is 3.26. The molecule has 0 heterocycles. The molecule has 21 heavy (non-hydrogen) atoms. The molecule has 0 amide bonds. The van der Waals surface area contributed by atoms with Gasteiger partial charge in [0.05, 0.1) is 0 Å². The van der Waals surface area contributed by atoms with E-state index in [-0.39, 0.29) is 0 Å². The van der Waals surface area contributed by atoms with Crippen molar-refractivity contribution in [2.75, 3.05) is 19.8 Å². The van der Waals surface area contributed by atoms with E-state index in [9.17, 15) is 0 Å². The third-order valence-corrected chi connectivity index (χ3v) is 3.36. The third-order valence-electron chi connectivity index (χ3n) is 3.36. The molecule has 0 unspecified atom stereocenters. The van der Waals surface area contributed by atoms with Gasteiger partial charge in [-0.3, -0.25) is 0 Å². The number of benzene rings is 2. The summed E-state index contributed by atoms with van der Waals surface area (Å²) >= 11 is 0. The molecule has 3 nitrogen and oxygen atoms in total. The van der Waals surface area contributed by atoms with Gasteiger partial charge in [0.2, 0.25) is 0 Å². The van der Waals surface area contributed by atoms with Crippen molar-refractivity contribution in [2.45, 2.75) is 20.3 Å². The number of rotatable bonds is 7. The highest BCUT2D eigenvalue weighted by Gasteiger charge is 2.03. The Labute approximate surface area is 126 Å². The molecule has 2 rings (SSSR count). The van der Waals surface area contributed by atoms with Crippen LogP contribution in [0.25, 0.3) is 0 Å². The Morgan fingerprint density at radius 1 is 0.857 bits per heavy atom. The van der Waals surface area contributed by atoms with Gasteiger partial charge < -0.3 is 15.2 Å². The van der Waals surface area contributed by atoms with E-state index < -0.39 is 0 Å².